The van der Waals surface area contributed by atoms with Crippen LogP contribution in [0.15, 0.2) is 45.7 Å². The minimum absolute atomic E-state index is 0.121. The summed E-state index contributed by atoms with van der Waals surface area (Å²) in [6, 6.07) is 8.68. The lowest BCUT2D eigenvalue weighted by Crippen LogP contribution is -2.24. The molecule has 0 bridgehead atoms. The van der Waals surface area contributed by atoms with Gasteiger partial charge in [-0.1, -0.05) is 0 Å². The first-order valence-electron chi connectivity index (χ1n) is 6.01. The van der Waals surface area contributed by atoms with Crippen LogP contribution in [0, 0.1) is 5.82 Å². The lowest BCUT2D eigenvalue weighted by Gasteiger charge is -2.03. The van der Waals surface area contributed by atoms with Crippen LogP contribution in [0.25, 0.3) is 0 Å². The van der Waals surface area contributed by atoms with E-state index in [1.807, 2.05) is 0 Å². The summed E-state index contributed by atoms with van der Waals surface area (Å²) >= 11 is 1.28. The van der Waals surface area contributed by atoms with Gasteiger partial charge in [0.1, 0.15) is 11.6 Å². The number of amides is 1. The SMILES string of the molecule is O=C(CSc1ccc(F)cc1)NCc1ccc(C(=O)O)o1. The molecule has 21 heavy (non-hydrogen) atoms. The monoisotopic (exact) mass is 309 g/mol. The molecule has 1 aromatic carbocycles. The van der Waals surface area contributed by atoms with E-state index in [9.17, 15) is 14.0 Å². The number of furan rings is 1. The summed E-state index contributed by atoms with van der Waals surface area (Å²) in [5, 5.41) is 11.3. The third kappa shape index (κ3) is 4.64. The Balaban J connectivity index is 1.76. The lowest BCUT2D eigenvalue weighted by molar-refractivity contribution is -0.118. The van der Waals surface area contributed by atoms with Crippen LogP contribution in [0.3, 0.4) is 0 Å². The predicted molar refractivity (Wildman–Crippen MR) is 74.6 cm³/mol. The summed E-state index contributed by atoms with van der Waals surface area (Å²) in [5.74, 6) is -1.32. The highest BCUT2D eigenvalue weighted by Gasteiger charge is 2.10. The van der Waals surface area contributed by atoms with E-state index in [1.54, 1.807) is 12.1 Å². The largest absolute Gasteiger partial charge is 0.475 e. The summed E-state index contributed by atoms with van der Waals surface area (Å²) in [6.45, 7) is 0.121. The summed E-state index contributed by atoms with van der Waals surface area (Å²) in [5.41, 5.74) is 0. The molecule has 1 heterocycles. The minimum Gasteiger partial charge on any atom is -0.475 e. The molecule has 1 aromatic heterocycles. The third-order valence-corrected chi connectivity index (χ3v) is 3.53. The van der Waals surface area contributed by atoms with Gasteiger partial charge >= 0.3 is 5.97 Å². The van der Waals surface area contributed by atoms with Crippen LogP contribution >= 0.6 is 11.8 Å². The lowest BCUT2D eigenvalue weighted by atomic mass is 10.4. The number of hydrogen-bond donors (Lipinski definition) is 2. The van der Waals surface area contributed by atoms with Crippen LogP contribution in [-0.2, 0) is 11.3 Å². The summed E-state index contributed by atoms with van der Waals surface area (Å²) in [7, 11) is 0. The van der Waals surface area contributed by atoms with Gasteiger partial charge in [0.15, 0.2) is 0 Å². The van der Waals surface area contributed by atoms with E-state index in [4.69, 9.17) is 9.52 Å². The first-order valence-corrected chi connectivity index (χ1v) is 7.00. The van der Waals surface area contributed by atoms with Crippen molar-refractivity contribution in [1.82, 2.24) is 5.32 Å². The molecular weight excluding hydrogens is 297 g/mol. The van der Waals surface area contributed by atoms with Gasteiger partial charge in [0, 0.05) is 4.90 Å². The number of halogens is 1. The zero-order valence-electron chi connectivity index (χ0n) is 10.8. The molecule has 0 unspecified atom stereocenters. The molecule has 0 saturated carbocycles. The highest BCUT2D eigenvalue weighted by molar-refractivity contribution is 8.00. The Morgan fingerprint density at radius 3 is 2.52 bits per heavy atom. The van der Waals surface area contributed by atoms with Gasteiger partial charge in [-0.2, -0.15) is 0 Å². The fourth-order valence-corrected chi connectivity index (χ4v) is 2.23. The average molecular weight is 309 g/mol. The van der Waals surface area contributed by atoms with Crippen LogP contribution in [0.1, 0.15) is 16.3 Å². The summed E-state index contributed by atoms with van der Waals surface area (Å²) in [4.78, 5) is 23.0. The highest BCUT2D eigenvalue weighted by atomic mass is 32.2. The first kappa shape index (κ1) is 15.1. The molecule has 0 aliphatic carbocycles. The predicted octanol–water partition coefficient (Wildman–Crippen LogP) is 2.53. The van der Waals surface area contributed by atoms with Gasteiger partial charge in [-0.3, -0.25) is 4.79 Å². The number of carboxylic acids is 1. The molecule has 2 N–H and O–H groups in total. The molecule has 2 aromatic rings. The number of rotatable bonds is 6. The molecule has 7 heteroatoms. The third-order valence-electron chi connectivity index (χ3n) is 2.52. The Kier molecular flexibility index (Phi) is 4.99. The van der Waals surface area contributed by atoms with Crippen molar-refractivity contribution in [2.75, 3.05) is 5.75 Å². The zero-order valence-corrected chi connectivity index (χ0v) is 11.7. The van der Waals surface area contributed by atoms with Crippen molar-refractivity contribution in [2.45, 2.75) is 11.4 Å². The van der Waals surface area contributed by atoms with Crippen molar-refractivity contribution in [3.63, 3.8) is 0 Å². The van der Waals surface area contributed by atoms with Gasteiger partial charge in [0.25, 0.3) is 0 Å². The van der Waals surface area contributed by atoms with Gasteiger partial charge in [-0.05, 0) is 36.4 Å². The molecule has 2 rings (SSSR count). The van der Waals surface area contributed by atoms with Crippen LogP contribution in [-0.4, -0.2) is 22.7 Å². The van der Waals surface area contributed by atoms with Crippen molar-refractivity contribution in [2.24, 2.45) is 0 Å². The fourth-order valence-electron chi connectivity index (χ4n) is 1.50. The van der Waals surface area contributed by atoms with Gasteiger partial charge in [-0.25, -0.2) is 9.18 Å². The second-order valence-corrected chi connectivity index (χ2v) is 5.14. The number of carbonyl (C=O) groups is 2. The van der Waals surface area contributed by atoms with Crippen molar-refractivity contribution < 1.29 is 23.5 Å². The molecule has 110 valence electrons. The van der Waals surface area contributed by atoms with Crippen molar-refractivity contribution >= 4 is 23.6 Å². The standard InChI is InChI=1S/C14H12FNO4S/c15-9-1-4-11(5-2-9)21-8-13(17)16-7-10-3-6-12(20-10)14(18)19/h1-6H,7-8H2,(H,16,17)(H,18,19). The number of carboxylic acid groups (broad SMARTS) is 1. The van der Waals surface area contributed by atoms with Gasteiger partial charge in [-0.15, -0.1) is 11.8 Å². The second-order valence-electron chi connectivity index (χ2n) is 4.09. The molecule has 1 amide bonds. The number of hydrogen-bond acceptors (Lipinski definition) is 4. The molecule has 0 radical (unpaired) electrons. The number of nitrogens with one attached hydrogen (secondary N) is 1. The Bertz CT molecular complexity index is 639. The van der Waals surface area contributed by atoms with Crippen molar-refractivity contribution in [3.8, 4) is 0 Å². The summed E-state index contributed by atoms with van der Waals surface area (Å²) < 4.78 is 17.7. The first-order chi connectivity index (χ1) is 10.0. The van der Waals surface area contributed by atoms with Crippen LogP contribution in [0.2, 0.25) is 0 Å². The van der Waals surface area contributed by atoms with Crippen molar-refractivity contribution in [1.29, 1.82) is 0 Å². The van der Waals surface area contributed by atoms with E-state index in [-0.39, 0.29) is 29.8 Å². The number of benzene rings is 1. The number of carbonyl (C=O) groups excluding carboxylic acids is 1. The Hall–Kier alpha value is -2.28. The minimum atomic E-state index is -1.15. The Morgan fingerprint density at radius 2 is 1.90 bits per heavy atom. The number of aromatic carboxylic acids is 1. The molecule has 0 atom stereocenters. The second kappa shape index (κ2) is 6.94. The van der Waals surface area contributed by atoms with Crippen molar-refractivity contribution in [3.05, 3.63) is 53.7 Å². The maximum Gasteiger partial charge on any atom is 0.371 e. The van der Waals surface area contributed by atoms with E-state index in [0.717, 1.165) is 4.90 Å². The number of thioether (sulfide) groups is 1. The smallest absolute Gasteiger partial charge is 0.371 e. The van der Waals surface area contributed by atoms with E-state index in [0.29, 0.717) is 5.76 Å². The van der Waals surface area contributed by atoms with Gasteiger partial charge in [0.2, 0.25) is 11.7 Å². The topological polar surface area (TPSA) is 79.5 Å². The molecule has 0 spiro atoms. The van der Waals surface area contributed by atoms with E-state index >= 15 is 0 Å². The normalized spacial score (nSPS) is 10.3. The Labute approximate surface area is 124 Å². The van der Waals surface area contributed by atoms with Crippen LogP contribution in [0.5, 0.6) is 0 Å². The highest BCUT2D eigenvalue weighted by Crippen LogP contribution is 2.17. The molecular formula is C14H12FNO4S. The van der Waals surface area contributed by atoms with Crippen LogP contribution < -0.4 is 5.32 Å². The molecule has 0 aliphatic rings. The zero-order chi connectivity index (χ0) is 15.2. The van der Waals surface area contributed by atoms with E-state index in [1.165, 1.54) is 36.0 Å². The van der Waals surface area contributed by atoms with E-state index in [2.05, 4.69) is 5.32 Å². The maximum absolute atomic E-state index is 12.7. The average Bonchev–Trinajstić information content (AvgIpc) is 2.93. The van der Waals surface area contributed by atoms with Gasteiger partial charge in [0.05, 0.1) is 12.3 Å². The Morgan fingerprint density at radius 1 is 1.19 bits per heavy atom. The van der Waals surface area contributed by atoms with Crippen LogP contribution in [0.4, 0.5) is 4.39 Å². The van der Waals surface area contributed by atoms with E-state index < -0.39 is 5.97 Å². The maximum atomic E-state index is 12.7. The molecule has 0 saturated heterocycles. The molecule has 0 aliphatic heterocycles. The molecule has 0 fully saturated rings. The molecule has 5 nitrogen and oxygen atoms in total. The fraction of sp³-hybridized carbons (Fsp3) is 0.143. The van der Waals surface area contributed by atoms with Gasteiger partial charge < -0.3 is 14.8 Å². The quantitative estimate of drug-likeness (QED) is 0.802. The summed E-state index contributed by atoms with van der Waals surface area (Å²) in [6.07, 6.45) is 0.